The van der Waals surface area contributed by atoms with Crippen molar-refractivity contribution in [1.29, 1.82) is 0 Å². The Morgan fingerprint density at radius 2 is 2.16 bits per heavy atom. The Balaban J connectivity index is 2.46. The molecule has 1 fully saturated rings. The monoisotopic (exact) mass is 280 g/mol. The van der Waals surface area contributed by atoms with Crippen LogP contribution in [0.3, 0.4) is 0 Å². The van der Waals surface area contributed by atoms with Crippen LogP contribution in [0.1, 0.15) is 6.92 Å². The molecule has 0 radical (unpaired) electrons. The van der Waals surface area contributed by atoms with Crippen LogP contribution < -0.4 is 16.0 Å². The third-order valence-electron chi connectivity index (χ3n) is 2.66. The number of anilines is 1. The zero-order chi connectivity index (χ0) is 14.0. The van der Waals surface area contributed by atoms with E-state index in [1.165, 1.54) is 0 Å². The summed E-state index contributed by atoms with van der Waals surface area (Å²) in [5.41, 5.74) is 6.40. The zero-order valence-electron chi connectivity index (χ0n) is 10.3. The molecule has 0 aliphatic carbocycles. The Kier molecular flexibility index (Phi) is 3.71. The molecule has 0 aromatic heterocycles. The maximum Gasteiger partial charge on any atom is 0.329 e. The van der Waals surface area contributed by atoms with Crippen LogP contribution >= 0.6 is 11.6 Å². The predicted molar refractivity (Wildman–Crippen MR) is 73.9 cm³/mol. The summed E-state index contributed by atoms with van der Waals surface area (Å²) in [7, 11) is 0. The van der Waals surface area contributed by atoms with Gasteiger partial charge in [0.2, 0.25) is 0 Å². The highest BCUT2D eigenvalue weighted by Gasteiger charge is 2.37. The minimum absolute atomic E-state index is 0.0743. The number of urea groups is 1. The summed E-state index contributed by atoms with van der Waals surface area (Å²) < 4.78 is 0. The summed E-state index contributed by atoms with van der Waals surface area (Å²) in [5, 5.41) is 2.54. The first-order valence-corrected chi connectivity index (χ1v) is 6.20. The Hall–Kier alpha value is -2.08. The number of carbonyl (C=O) groups is 2. The van der Waals surface area contributed by atoms with Gasteiger partial charge in [-0.15, -0.1) is 11.6 Å². The quantitative estimate of drug-likeness (QED) is 0.379. The molecule has 6 nitrogen and oxygen atoms in total. The topological polar surface area (TPSA) is 87.8 Å². The molecule has 1 atom stereocenters. The number of alkyl halides is 1. The minimum Gasteiger partial charge on any atom is -0.386 e. The van der Waals surface area contributed by atoms with Gasteiger partial charge >= 0.3 is 6.03 Å². The average molecular weight is 281 g/mol. The van der Waals surface area contributed by atoms with Gasteiger partial charge in [-0.3, -0.25) is 4.79 Å². The third-order valence-corrected chi connectivity index (χ3v) is 2.93. The molecule has 3 N–H and O–H groups in total. The van der Waals surface area contributed by atoms with E-state index < -0.39 is 12.1 Å². The van der Waals surface area contributed by atoms with Crippen LogP contribution in [0.4, 0.5) is 16.2 Å². The number of nitrogens with zero attached hydrogens (tertiary/aromatic N) is 2. The second-order valence-electron chi connectivity index (χ2n) is 4.07. The number of carbonyl (C=O) groups excluding carboxylic acids is 2. The Morgan fingerprint density at radius 3 is 2.74 bits per heavy atom. The smallest absolute Gasteiger partial charge is 0.329 e. The molecule has 1 aliphatic heterocycles. The summed E-state index contributed by atoms with van der Waals surface area (Å²) in [5.74, 6) is -0.0310. The predicted octanol–water partition coefficient (Wildman–Crippen LogP) is 1.36. The fourth-order valence-electron chi connectivity index (χ4n) is 1.77. The minimum atomic E-state index is -0.546. The van der Waals surface area contributed by atoms with Gasteiger partial charge in [-0.05, 0) is 19.1 Å². The number of hydrogen-bond donors (Lipinski definition) is 2. The van der Waals surface area contributed by atoms with E-state index in [1.54, 1.807) is 31.2 Å². The maximum atomic E-state index is 12.0. The number of nitrogens with two attached hydrogens (primary N) is 1. The number of nitrogens with one attached hydrogen (secondary N) is 1. The molecule has 1 aromatic carbocycles. The molecule has 100 valence electrons. The highest BCUT2D eigenvalue weighted by molar-refractivity contribution is 6.28. The number of aliphatic imine (C=N–C) groups is 1. The van der Waals surface area contributed by atoms with Gasteiger partial charge in [0.1, 0.15) is 11.9 Å². The lowest BCUT2D eigenvalue weighted by atomic mass is 10.2. The second-order valence-corrected chi connectivity index (χ2v) is 4.34. The van der Waals surface area contributed by atoms with Gasteiger partial charge in [-0.2, -0.15) is 0 Å². The lowest BCUT2D eigenvalue weighted by Gasteiger charge is -2.15. The van der Waals surface area contributed by atoms with Crippen LogP contribution in [0.15, 0.2) is 29.3 Å². The normalized spacial score (nSPS) is 19.8. The van der Waals surface area contributed by atoms with Crippen LogP contribution in [0.2, 0.25) is 0 Å². The van der Waals surface area contributed by atoms with Gasteiger partial charge in [-0.25, -0.2) is 14.7 Å². The molecule has 1 saturated heterocycles. The third kappa shape index (κ3) is 2.53. The molecule has 0 saturated carbocycles. The fraction of sp³-hybridized carbons (Fsp3) is 0.250. The summed E-state index contributed by atoms with van der Waals surface area (Å²) in [6.07, 6.45) is 0. The molecule has 1 aliphatic rings. The Morgan fingerprint density at radius 1 is 1.47 bits per heavy atom. The molecule has 3 amide bonds. The van der Waals surface area contributed by atoms with Crippen molar-refractivity contribution in [2.45, 2.75) is 13.0 Å². The van der Waals surface area contributed by atoms with Gasteiger partial charge in [0.05, 0.1) is 17.3 Å². The number of imide groups is 1. The van der Waals surface area contributed by atoms with Crippen LogP contribution in [-0.2, 0) is 4.79 Å². The van der Waals surface area contributed by atoms with E-state index in [1.807, 2.05) is 0 Å². The summed E-state index contributed by atoms with van der Waals surface area (Å²) in [4.78, 5) is 28.9. The number of amides is 3. The molecule has 2 rings (SSSR count). The SMILES string of the molecule is CC1NC(=O)N(c2ccccc2N=C(N)CCl)C1=O. The van der Waals surface area contributed by atoms with Crippen molar-refractivity contribution < 1.29 is 9.59 Å². The van der Waals surface area contributed by atoms with Crippen molar-refractivity contribution in [3.05, 3.63) is 24.3 Å². The van der Waals surface area contributed by atoms with Crippen molar-refractivity contribution in [2.75, 3.05) is 10.8 Å². The van der Waals surface area contributed by atoms with Gasteiger partial charge in [0, 0.05) is 0 Å². The van der Waals surface area contributed by atoms with Crippen molar-refractivity contribution in [2.24, 2.45) is 10.7 Å². The molecule has 1 unspecified atom stereocenters. The number of rotatable bonds is 3. The van der Waals surface area contributed by atoms with Crippen molar-refractivity contribution in [1.82, 2.24) is 5.32 Å². The van der Waals surface area contributed by atoms with Crippen molar-refractivity contribution in [3.63, 3.8) is 0 Å². The average Bonchev–Trinajstić information content (AvgIpc) is 2.64. The first-order chi connectivity index (χ1) is 9.04. The molecular weight excluding hydrogens is 268 g/mol. The van der Waals surface area contributed by atoms with Crippen LogP contribution in [0.25, 0.3) is 0 Å². The zero-order valence-corrected chi connectivity index (χ0v) is 11.0. The first-order valence-electron chi connectivity index (χ1n) is 5.67. The van der Waals surface area contributed by atoms with Gasteiger partial charge in [0.15, 0.2) is 0 Å². The van der Waals surface area contributed by atoms with E-state index in [0.717, 1.165) is 4.90 Å². The molecule has 0 bridgehead atoms. The molecule has 0 spiro atoms. The van der Waals surface area contributed by atoms with E-state index in [2.05, 4.69) is 10.3 Å². The summed E-state index contributed by atoms with van der Waals surface area (Å²) >= 11 is 5.58. The summed E-state index contributed by atoms with van der Waals surface area (Å²) in [6.45, 7) is 1.62. The van der Waals surface area contributed by atoms with E-state index >= 15 is 0 Å². The lowest BCUT2D eigenvalue weighted by molar-refractivity contribution is -0.117. The van der Waals surface area contributed by atoms with Crippen molar-refractivity contribution in [3.8, 4) is 0 Å². The maximum absolute atomic E-state index is 12.0. The van der Waals surface area contributed by atoms with Crippen LogP contribution in [0, 0.1) is 0 Å². The highest BCUT2D eigenvalue weighted by atomic mass is 35.5. The molecule has 1 heterocycles. The molecule has 19 heavy (non-hydrogen) atoms. The molecule has 7 heteroatoms. The number of hydrogen-bond acceptors (Lipinski definition) is 3. The van der Waals surface area contributed by atoms with Crippen LogP contribution in [-0.4, -0.2) is 29.7 Å². The fourth-order valence-corrected chi connectivity index (χ4v) is 1.83. The van der Waals surface area contributed by atoms with E-state index in [-0.39, 0.29) is 17.6 Å². The first kappa shape index (κ1) is 13.4. The Bertz CT molecular complexity index is 558. The van der Waals surface area contributed by atoms with E-state index in [0.29, 0.717) is 11.4 Å². The highest BCUT2D eigenvalue weighted by Crippen LogP contribution is 2.30. The molecular formula is C12H13ClN4O2. The summed E-state index contributed by atoms with van der Waals surface area (Å²) in [6, 6.07) is 5.74. The van der Waals surface area contributed by atoms with E-state index in [9.17, 15) is 9.59 Å². The van der Waals surface area contributed by atoms with Crippen molar-refractivity contribution >= 4 is 40.7 Å². The van der Waals surface area contributed by atoms with Crippen LogP contribution in [0.5, 0.6) is 0 Å². The van der Waals surface area contributed by atoms with Gasteiger partial charge < -0.3 is 11.1 Å². The number of para-hydroxylation sites is 2. The van der Waals surface area contributed by atoms with Gasteiger partial charge in [0.25, 0.3) is 5.91 Å². The number of amidine groups is 1. The molecule has 1 aromatic rings. The number of benzene rings is 1. The lowest BCUT2D eigenvalue weighted by Crippen LogP contribution is -2.31. The van der Waals surface area contributed by atoms with E-state index in [4.69, 9.17) is 17.3 Å². The largest absolute Gasteiger partial charge is 0.386 e. The number of halogens is 1. The Labute approximate surface area is 115 Å². The second kappa shape index (κ2) is 5.27. The standard InChI is InChI=1S/C12H13ClN4O2/c1-7-11(18)17(12(19)15-7)9-5-3-2-4-8(9)16-10(14)6-13/h2-5,7H,6H2,1H3,(H2,14,16)(H,15,19). The van der Waals surface area contributed by atoms with Gasteiger partial charge in [-0.1, -0.05) is 12.1 Å².